The lowest BCUT2D eigenvalue weighted by molar-refractivity contribution is 0.941. The quantitative estimate of drug-likeness (QED) is 0.582. The number of aromatic nitrogens is 2. The van der Waals surface area contributed by atoms with Crippen LogP contribution in [0.3, 0.4) is 0 Å². The minimum absolute atomic E-state index is 0.540. The summed E-state index contributed by atoms with van der Waals surface area (Å²) in [5.41, 5.74) is 0. The van der Waals surface area contributed by atoms with Crippen molar-refractivity contribution in [3.8, 4) is 0 Å². The molecule has 77 valence electrons. The molecule has 0 spiro atoms. The van der Waals surface area contributed by atoms with Gasteiger partial charge in [0.25, 0.3) is 0 Å². The maximum absolute atomic E-state index is 4.17. The van der Waals surface area contributed by atoms with Gasteiger partial charge in [0, 0.05) is 10.5 Å². The summed E-state index contributed by atoms with van der Waals surface area (Å²) in [5.74, 6) is 0. The van der Waals surface area contributed by atoms with Crippen molar-refractivity contribution in [3.63, 3.8) is 0 Å². The number of hydrogen-bond acceptors (Lipinski definition) is 4. The van der Waals surface area contributed by atoms with E-state index in [0.717, 1.165) is 10.1 Å². The van der Waals surface area contributed by atoms with Gasteiger partial charge in [0.1, 0.15) is 16.4 Å². The molecule has 0 amide bonds. The van der Waals surface area contributed by atoms with Crippen LogP contribution in [-0.4, -0.2) is 20.5 Å². The molecule has 0 unspecified atom stereocenters. The van der Waals surface area contributed by atoms with E-state index in [1.54, 1.807) is 29.9 Å². The Bertz CT molecular complexity index is 262. The van der Waals surface area contributed by atoms with E-state index in [-0.39, 0.29) is 0 Å². The molecule has 0 N–H and O–H groups in total. The first-order valence-electron chi connectivity index (χ1n) is 4.65. The predicted molar refractivity (Wildman–Crippen MR) is 62.9 cm³/mol. The van der Waals surface area contributed by atoms with Crippen LogP contribution in [0.4, 0.5) is 0 Å². The van der Waals surface area contributed by atoms with Crippen LogP contribution in [0.1, 0.15) is 27.7 Å². The van der Waals surface area contributed by atoms with Crippen molar-refractivity contribution in [2.75, 3.05) is 0 Å². The second-order valence-electron chi connectivity index (χ2n) is 3.44. The molecule has 1 aromatic rings. The molecule has 4 heteroatoms. The van der Waals surface area contributed by atoms with E-state index in [1.165, 1.54) is 0 Å². The molecular formula is C10H15N2S2. The summed E-state index contributed by atoms with van der Waals surface area (Å²) < 4.78 is 0. The molecule has 0 fully saturated rings. The molecule has 0 aliphatic carbocycles. The minimum Gasteiger partial charge on any atom is -0.229 e. The number of thioether (sulfide) groups is 2. The lowest BCUT2D eigenvalue weighted by Crippen LogP contribution is -1.93. The maximum atomic E-state index is 4.17. The van der Waals surface area contributed by atoms with Crippen LogP contribution in [0.2, 0.25) is 0 Å². The Morgan fingerprint density at radius 2 is 1.43 bits per heavy atom. The molecule has 1 rings (SSSR count). The third-order valence-electron chi connectivity index (χ3n) is 1.26. The number of rotatable bonds is 4. The van der Waals surface area contributed by atoms with Gasteiger partial charge in [-0.2, -0.15) is 0 Å². The third-order valence-corrected chi connectivity index (χ3v) is 3.06. The van der Waals surface area contributed by atoms with Gasteiger partial charge in [-0.25, -0.2) is 9.97 Å². The molecule has 0 atom stereocenters. The van der Waals surface area contributed by atoms with Crippen molar-refractivity contribution >= 4 is 23.5 Å². The van der Waals surface area contributed by atoms with Gasteiger partial charge in [-0.3, -0.25) is 0 Å². The Labute approximate surface area is 94.3 Å². The van der Waals surface area contributed by atoms with Crippen LogP contribution in [0.15, 0.2) is 16.4 Å². The monoisotopic (exact) mass is 227 g/mol. The standard InChI is InChI=1S/C10H15N2S2/c1-7(2)13-9-5-10(12-6-11-9)14-8(3)4/h6-8H,1-4H3. The molecule has 1 radical (unpaired) electrons. The smallest absolute Gasteiger partial charge is 0.118 e. The van der Waals surface area contributed by atoms with Crippen molar-refractivity contribution in [2.45, 2.75) is 48.2 Å². The first kappa shape index (κ1) is 11.9. The fraction of sp³-hybridized carbons (Fsp3) is 0.600. The summed E-state index contributed by atoms with van der Waals surface area (Å²) in [6, 6.07) is 3.21. The van der Waals surface area contributed by atoms with Crippen molar-refractivity contribution in [3.05, 3.63) is 12.4 Å². The summed E-state index contributed by atoms with van der Waals surface area (Å²) >= 11 is 3.44. The molecule has 2 nitrogen and oxygen atoms in total. The second-order valence-corrected chi connectivity index (χ2v) is 6.57. The average molecular weight is 227 g/mol. The predicted octanol–water partition coefficient (Wildman–Crippen LogP) is 3.28. The van der Waals surface area contributed by atoms with Crippen LogP contribution in [0, 0.1) is 6.07 Å². The molecule has 1 aromatic heterocycles. The molecule has 0 aromatic carbocycles. The van der Waals surface area contributed by atoms with Crippen LogP contribution in [0.5, 0.6) is 0 Å². The summed E-state index contributed by atoms with van der Waals surface area (Å²) in [7, 11) is 0. The van der Waals surface area contributed by atoms with Crippen LogP contribution >= 0.6 is 23.5 Å². The van der Waals surface area contributed by atoms with Crippen molar-refractivity contribution in [1.29, 1.82) is 0 Å². The Hall–Kier alpha value is -0.220. The highest BCUT2D eigenvalue weighted by Gasteiger charge is 2.04. The fourth-order valence-corrected chi connectivity index (χ4v) is 2.34. The van der Waals surface area contributed by atoms with Gasteiger partial charge in [-0.05, 0) is 0 Å². The lowest BCUT2D eigenvalue weighted by Gasteiger charge is -2.06. The largest absolute Gasteiger partial charge is 0.229 e. The van der Waals surface area contributed by atoms with E-state index in [1.807, 2.05) is 0 Å². The highest BCUT2D eigenvalue weighted by Crippen LogP contribution is 2.25. The summed E-state index contributed by atoms with van der Waals surface area (Å²) in [4.78, 5) is 8.34. The zero-order valence-corrected chi connectivity index (χ0v) is 10.6. The topological polar surface area (TPSA) is 25.8 Å². The van der Waals surface area contributed by atoms with E-state index in [9.17, 15) is 0 Å². The fourth-order valence-electron chi connectivity index (χ4n) is 0.856. The van der Waals surface area contributed by atoms with Crippen LogP contribution in [0.25, 0.3) is 0 Å². The zero-order chi connectivity index (χ0) is 10.6. The van der Waals surface area contributed by atoms with Gasteiger partial charge in [0.15, 0.2) is 0 Å². The molecule has 0 saturated carbocycles. The average Bonchev–Trinajstić information content (AvgIpc) is 2.01. The second kappa shape index (κ2) is 5.61. The maximum Gasteiger partial charge on any atom is 0.118 e. The molecule has 1 heterocycles. The minimum atomic E-state index is 0.540. The normalized spacial score (nSPS) is 11.3. The number of hydrogen-bond donors (Lipinski definition) is 0. The summed E-state index contributed by atoms with van der Waals surface area (Å²) in [6.07, 6.45) is 1.62. The first-order chi connectivity index (χ1) is 6.58. The third kappa shape index (κ3) is 4.33. The van der Waals surface area contributed by atoms with Gasteiger partial charge in [-0.15, -0.1) is 23.5 Å². The molecule has 0 aliphatic heterocycles. The van der Waals surface area contributed by atoms with Crippen molar-refractivity contribution in [2.24, 2.45) is 0 Å². The zero-order valence-electron chi connectivity index (χ0n) is 8.94. The van der Waals surface area contributed by atoms with Gasteiger partial charge in [0.05, 0.1) is 6.07 Å². The lowest BCUT2D eigenvalue weighted by atomic mass is 10.6. The highest BCUT2D eigenvalue weighted by atomic mass is 32.2. The SMILES string of the molecule is CC(C)Sc1[c]c(SC(C)C)ncn1. The molecule has 0 saturated heterocycles. The highest BCUT2D eigenvalue weighted by molar-refractivity contribution is 8.00. The first-order valence-corrected chi connectivity index (χ1v) is 6.41. The van der Waals surface area contributed by atoms with E-state index in [2.05, 4.69) is 43.7 Å². The Morgan fingerprint density at radius 1 is 1.00 bits per heavy atom. The van der Waals surface area contributed by atoms with Crippen molar-refractivity contribution < 1.29 is 0 Å². The summed E-state index contributed by atoms with van der Waals surface area (Å²) in [6.45, 7) is 8.59. The molecule has 0 aliphatic rings. The van der Waals surface area contributed by atoms with Gasteiger partial charge in [0.2, 0.25) is 0 Å². The van der Waals surface area contributed by atoms with Crippen molar-refractivity contribution in [1.82, 2.24) is 9.97 Å². The van der Waals surface area contributed by atoms with Crippen LogP contribution < -0.4 is 0 Å². The van der Waals surface area contributed by atoms with E-state index in [4.69, 9.17) is 0 Å². The molecular weight excluding hydrogens is 212 g/mol. The molecule has 14 heavy (non-hydrogen) atoms. The van der Waals surface area contributed by atoms with E-state index in [0.29, 0.717) is 10.5 Å². The Balaban J connectivity index is 2.68. The number of nitrogens with zero attached hydrogens (tertiary/aromatic N) is 2. The van der Waals surface area contributed by atoms with Gasteiger partial charge < -0.3 is 0 Å². The Morgan fingerprint density at radius 3 is 1.79 bits per heavy atom. The van der Waals surface area contributed by atoms with E-state index >= 15 is 0 Å². The Kier molecular flexibility index (Phi) is 4.75. The van der Waals surface area contributed by atoms with Gasteiger partial charge in [-0.1, -0.05) is 27.7 Å². The van der Waals surface area contributed by atoms with Crippen LogP contribution in [-0.2, 0) is 0 Å². The summed E-state index contributed by atoms with van der Waals surface area (Å²) in [5, 5.41) is 2.97. The molecule has 0 bridgehead atoms. The van der Waals surface area contributed by atoms with Gasteiger partial charge >= 0.3 is 0 Å². The van der Waals surface area contributed by atoms with E-state index < -0.39 is 0 Å².